The quantitative estimate of drug-likeness (QED) is 0.374. The van der Waals surface area contributed by atoms with Gasteiger partial charge in [-0.1, -0.05) is 113 Å². The third kappa shape index (κ3) is 13.3. The van der Waals surface area contributed by atoms with Gasteiger partial charge in [0.05, 0.1) is 12.5 Å². The molecule has 198 valence electrons. The van der Waals surface area contributed by atoms with Crippen molar-refractivity contribution in [3.63, 3.8) is 0 Å². The first-order chi connectivity index (χ1) is 16.5. The summed E-state index contributed by atoms with van der Waals surface area (Å²) in [6.07, 6.45) is 1.43. The lowest BCUT2D eigenvalue weighted by Gasteiger charge is -2.27. The molecule has 3 aromatic rings. The number of hydrogen-bond acceptors (Lipinski definition) is 4. The Kier molecular flexibility index (Phi) is 13.6. The third-order valence-corrected chi connectivity index (χ3v) is 4.90. The van der Waals surface area contributed by atoms with Gasteiger partial charge in [0.2, 0.25) is 0 Å². The lowest BCUT2D eigenvalue weighted by atomic mass is 9.76. The second-order valence-electron chi connectivity index (χ2n) is 8.33. The summed E-state index contributed by atoms with van der Waals surface area (Å²) in [5, 5.41) is 0. The first-order valence-electron chi connectivity index (χ1n) is 11.3. The second kappa shape index (κ2) is 14.7. The maximum atomic E-state index is 9.19. The summed E-state index contributed by atoms with van der Waals surface area (Å²) >= 11 is 0. The van der Waals surface area contributed by atoms with Gasteiger partial charge in [-0.2, -0.15) is 16.8 Å². The molecule has 8 heteroatoms. The molecule has 2 N–H and O–H groups in total. The van der Waals surface area contributed by atoms with Crippen LogP contribution in [0.4, 0.5) is 0 Å². The molecule has 0 amide bonds. The van der Waals surface area contributed by atoms with Crippen LogP contribution in [0.25, 0.3) is 5.57 Å². The molecule has 6 nitrogen and oxygen atoms in total. The van der Waals surface area contributed by atoms with Crippen LogP contribution in [0.15, 0.2) is 85.4 Å². The van der Waals surface area contributed by atoms with E-state index < -0.39 is 20.2 Å². The van der Waals surface area contributed by atoms with E-state index in [4.69, 9.17) is 9.11 Å². The fourth-order valence-electron chi connectivity index (χ4n) is 3.15. The summed E-state index contributed by atoms with van der Waals surface area (Å²) in [7, 11) is -7.33. The molecule has 36 heavy (non-hydrogen) atoms. The van der Waals surface area contributed by atoms with E-state index in [0.29, 0.717) is 12.5 Å². The minimum Gasteiger partial charge on any atom is -0.286 e. The van der Waals surface area contributed by atoms with Crippen molar-refractivity contribution in [1.29, 1.82) is 0 Å². The predicted molar refractivity (Wildman–Crippen MR) is 151 cm³/mol. The Morgan fingerprint density at radius 3 is 1.53 bits per heavy atom. The molecular weight excluding hydrogens is 496 g/mol. The van der Waals surface area contributed by atoms with Crippen molar-refractivity contribution in [1.82, 2.24) is 0 Å². The lowest BCUT2D eigenvalue weighted by Crippen LogP contribution is -2.19. The van der Waals surface area contributed by atoms with Gasteiger partial charge in [-0.15, -0.1) is 0 Å². The Morgan fingerprint density at radius 2 is 1.11 bits per heavy atom. The summed E-state index contributed by atoms with van der Waals surface area (Å²) < 4.78 is 51.7. The molecule has 0 unspecified atom stereocenters. The predicted octanol–water partition coefficient (Wildman–Crippen LogP) is 6.42. The van der Waals surface area contributed by atoms with Gasteiger partial charge in [0.25, 0.3) is 20.2 Å². The molecule has 0 radical (unpaired) electrons. The third-order valence-electron chi connectivity index (χ3n) is 4.90. The van der Waals surface area contributed by atoms with Crippen molar-refractivity contribution in [2.75, 3.05) is 12.5 Å². The van der Waals surface area contributed by atoms with Gasteiger partial charge in [-0.25, -0.2) is 0 Å². The zero-order valence-electron chi connectivity index (χ0n) is 22.1. The minimum absolute atomic E-state index is 0.0410. The Balaban J connectivity index is 0.000000859. The highest BCUT2D eigenvalue weighted by molar-refractivity contribution is 7.85. The van der Waals surface area contributed by atoms with Gasteiger partial charge in [0.15, 0.2) is 0 Å². The van der Waals surface area contributed by atoms with E-state index in [-0.39, 0.29) is 5.41 Å². The second-order valence-corrected chi connectivity index (χ2v) is 11.3. The van der Waals surface area contributed by atoms with E-state index in [0.717, 1.165) is 5.57 Å². The Hall–Kier alpha value is -2.78. The molecule has 0 bridgehead atoms. The Morgan fingerprint density at radius 1 is 0.722 bits per heavy atom. The molecule has 0 aromatic heterocycles. The largest absolute Gasteiger partial charge is 0.286 e. The summed E-state index contributed by atoms with van der Waals surface area (Å²) in [5.74, 6) is 0. The summed E-state index contributed by atoms with van der Waals surface area (Å²) in [4.78, 5) is 0. The molecule has 0 fully saturated rings. The van der Waals surface area contributed by atoms with Crippen LogP contribution < -0.4 is 0 Å². The number of rotatable bonds is 4. The van der Waals surface area contributed by atoms with Gasteiger partial charge in [0.1, 0.15) is 0 Å². The van der Waals surface area contributed by atoms with E-state index in [9.17, 15) is 16.8 Å². The number of hydrogen-bond donors (Lipinski definition) is 2. The van der Waals surface area contributed by atoms with Crippen molar-refractivity contribution < 1.29 is 25.9 Å². The molecule has 0 atom stereocenters. The summed E-state index contributed by atoms with van der Waals surface area (Å²) in [5.41, 5.74) is 7.34. The van der Waals surface area contributed by atoms with Crippen LogP contribution >= 0.6 is 0 Å². The smallest absolute Gasteiger partial charge is 0.261 e. The molecule has 3 aromatic carbocycles. The maximum Gasteiger partial charge on any atom is 0.261 e. The van der Waals surface area contributed by atoms with E-state index in [1.165, 1.54) is 27.8 Å². The normalized spacial score (nSPS) is 10.9. The van der Waals surface area contributed by atoms with Crippen LogP contribution in [0.1, 0.15) is 55.5 Å². The summed E-state index contributed by atoms with van der Waals surface area (Å²) in [6.45, 7) is 15.1. The van der Waals surface area contributed by atoms with E-state index in [1.54, 1.807) is 0 Å². The van der Waals surface area contributed by atoms with Gasteiger partial charge in [-0.05, 0) is 40.3 Å². The van der Waals surface area contributed by atoms with Gasteiger partial charge >= 0.3 is 0 Å². The molecular formula is C28H38O6S2. The molecule has 0 heterocycles. The monoisotopic (exact) mass is 534 g/mol. The Labute approximate surface area is 217 Å². The first-order valence-corrected chi connectivity index (χ1v) is 15.0. The van der Waals surface area contributed by atoms with Crippen molar-refractivity contribution >= 4 is 25.8 Å². The average molecular weight is 535 g/mol. The van der Waals surface area contributed by atoms with Crippen molar-refractivity contribution in [2.24, 2.45) is 0 Å². The topological polar surface area (TPSA) is 109 Å². The van der Waals surface area contributed by atoms with Crippen LogP contribution in [-0.4, -0.2) is 38.5 Å². The average Bonchev–Trinajstić information content (AvgIpc) is 2.79. The lowest BCUT2D eigenvalue weighted by molar-refractivity contribution is 0.488. The highest BCUT2D eigenvalue weighted by Gasteiger charge is 2.23. The van der Waals surface area contributed by atoms with Gasteiger partial charge in [0, 0.05) is 5.41 Å². The van der Waals surface area contributed by atoms with E-state index >= 15 is 0 Å². The first kappa shape index (κ1) is 33.2. The van der Waals surface area contributed by atoms with Crippen molar-refractivity contribution in [2.45, 2.75) is 40.0 Å². The van der Waals surface area contributed by atoms with Crippen molar-refractivity contribution in [3.8, 4) is 0 Å². The minimum atomic E-state index is -3.67. The van der Waals surface area contributed by atoms with E-state index in [2.05, 4.69) is 100 Å². The number of aryl methyl sites for hydroxylation is 1. The van der Waals surface area contributed by atoms with Crippen molar-refractivity contribution in [3.05, 3.63) is 113 Å². The standard InChI is InChI=1S/C24H24.C2H6.2CH4O3S/c1-18-15-16-22(24(3,4)21-13-9-6-10-14-21)17-23(18)19(2)20-11-7-5-8-12-20;1-2;2*1-5(2,3)4/h5-17H,2H2,1,3-4H3;1-2H3;2*1H3,(H,2,3,4). The fourth-order valence-corrected chi connectivity index (χ4v) is 3.15. The van der Waals surface area contributed by atoms with Crippen LogP contribution in [0.2, 0.25) is 0 Å². The van der Waals surface area contributed by atoms with Crippen LogP contribution in [0, 0.1) is 6.92 Å². The molecule has 0 saturated carbocycles. The highest BCUT2D eigenvalue weighted by atomic mass is 32.2. The molecule has 0 spiro atoms. The van der Waals surface area contributed by atoms with Gasteiger partial charge < -0.3 is 0 Å². The molecule has 0 aliphatic rings. The molecule has 0 saturated heterocycles. The molecule has 3 rings (SSSR count). The van der Waals surface area contributed by atoms with E-state index in [1.807, 2.05) is 19.9 Å². The maximum absolute atomic E-state index is 9.19. The molecule has 0 aliphatic heterocycles. The fraction of sp³-hybridized carbons (Fsp3) is 0.286. The van der Waals surface area contributed by atoms with Crippen LogP contribution in [0.5, 0.6) is 0 Å². The zero-order valence-corrected chi connectivity index (χ0v) is 23.7. The SMILES string of the molecule is C=C(c1ccccc1)c1cc(C(C)(C)c2ccccc2)ccc1C.CC.CS(=O)(=O)O.CS(=O)(=O)O. The van der Waals surface area contributed by atoms with Crippen LogP contribution in [0.3, 0.4) is 0 Å². The highest BCUT2D eigenvalue weighted by Crippen LogP contribution is 2.34. The molecule has 0 aliphatic carbocycles. The van der Waals surface area contributed by atoms with Crippen LogP contribution in [-0.2, 0) is 25.7 Å². The summed E-state index contributed by atoms with van der Waals surface area (Å²) in [6, 6.07) is 27.8. The Bertz CT molecular complexity index is 1250. The zero-order chi connectivity index (χ0) is 28.2. The number of benzene rings is 3. The van der Waals surface area contributed by atoms with Gasteiger partial charge in [-0.3, -0.25) is 9.11 Å².